The number of carbonyl (C=O) groups is 1. The quantitative estimate of drug-likeness (QED) is 0.839. The molecule has 3 heterocycles. The summed E-state index contributed by atoms with van der Waals surface area (Å²) in [4.78, 5) is 20.8. The number of hydrogen-bond acceptors (Lipinski definition) is 3. The van der Waals surface area contributed by atoms with Crippen LogP contribution >= 0.6 is 0 Å². The molecule has 0 aliphatic carbocycles. The number of pyridine rings is 1. The summed E-state index contributed by atoms with van der Waals surface area (Å²) < 4.78 is 0. The van der Waals surface area contributed by atoms with Gasteiger partial charge in [0.1, 0.15) is 0 Å². The summed E-state index contributed by atoms with van der Waals surface area (Å²) in [6, 6.07) is 4.15. The fourth-order valence-electron chi connectivity index (χ4n) is 3.64. The molecule has 4 nitrogen and oxygen atoms in total. The highest BCUT2D eigenvalue weighted by molar-refractivity contribution is 5.76. The summed E-state index contributed by atoms with van der Waals surface area (Å²) in [5.74, 6) is 1.12. The van der Waals surface area contributed by atoms with Crippen LogP contribution in [0.25, 0.3) is 0 Å². The Bertz CT molecular complexity index is 462. The van der Waals surface area contributed by atoms with Crippen molar-refractivity contribution in [3.8, 4) is 0 Å². The number of aromatic nitrogens is 1. The fraction of sp³-hybridized carbons (Fsp3) is 0.667. The summed E-state index contributed by atoms with van der Waals surface area (Å²) in [7, 11) is 0. The minimum absolute atomic E-state index is 0.385. The van der Waals surface area contributed by atoms with Gasteiger partial charge >= 0.3 is 0 Å². The van der Waals surface area contributed by atoms with Crippen LogP contribution in [-0.4, -0.2) is 46.9 Å². The minimum Gasteiger partial charge on any atom is -0.343 e. The van der Waals surface area contributed by atoms with Gasteiger partial charge in [0.15, 0.2) is 0 Å². The van der Waals surface area contributed by atoms with Gasteiger partial charge in [0.05, 0.1) is 0 Å². The zero-order chi connectivity index (χ0) is 15.2. The van der Waals surface area contributed by atoms with E-state index in [-0.39, 0.29) is 0 Å². The lowest BCUT2D eigenvalue weighted by molar-refractivity contribution is -0.130. The van der Waals surface area contributed by atoms with E-state index in [1.807, 2.05) is 18.5 Å². The first-order valence-corrected chi connectivity index (χ1v) is 8.70. The van der Waals surface area contributed by atoms with E-state index in [2.05, 4.69) is 20.9 Å². The monoisotopic (exact) mass is 301 g/mol. The molecule has 120 valence electrons. The third-order valence-electron chi connectivity index (χ3n) is 5.06. The maximum atomic E-state index is 12.1. The SMILES string of the molecule is O=C(CCC1CCN(Cc2cccnc2)CC1)N1CCCC1. The molecule has 0 saturated carbocycles. The van der Waals surface area contributed by atoms with Gasteiger partial charge in [-0.05, 0) is 62.7 Å². The molecule has 2 aliphatic rings. The molecule has 22 heavy (non-hydrogen) atoms. The number of carbonyl (C=O) groups excluding carboxylic acids is 1. The van der Waals surface area contributed by atoms with Crippen molar-refractivity contribution in [1.29, 1.82) is 0 Å². The van der Waals surface area contributed by atoms with Crippen molar-refractivity contribution in [3.05, 3.63) is 30.1 Å². The van der Waals surface area contributed by atoms with Crippen molar-refractivity contribution in [1.82, 2.24) is 14.8 Å². The lowest BCUT2D eigenvalue weighted by Crippen LogP contribution is -2.34. The molecular formula is C18H27N3O. The predicted octanol–water partition coefficient (Wildman–Crippen LogP) is 2.70. The zero-order valence-corrected chi connectivity index (χ0v) is 13.4. The molecule has 4 heteroatoms. The second-order valence-electron chi connectivity index (χ2n) is 6.71. The Hall–Kier alpha value is -1.42. The van der Waals surface area contributed by atoms with Gasteiger partial charge in [-0.1, -0.05) is 6.07 Å². The minimum atomic E-state index is 0.385. The molecule has 1 aromatic heterocycles. The van der Waals surface area contributed by atoms with E-state index in [0.29, 0.717) is 5.91 Å². The first-order valence-electron chi connectivity index (χ1n) is 8.70. The van der Waals surface area contributed by atoms with Gasteiger partial charge < -0.3 is 4.90 Å². The average molecular weight is 301 g/mol. The van der Waals surface area contributed by atoms with E-state index >= 15 is 0 Å². The van der Waals surface area contributed by atoms with Crippen LogP contribution in [0.3, 0.4) is 0 Å². The molecule has 0 atom stereocenters. The normalized spacial score (nSPS) is 20.5. The lowest BCUT2D eigenvalue weighted by atomic mass is 9.92. The number of hydrogen-bond donors (Lipinski definition) is 0. The summed E-state index contributed by atoms with van der Waals surface area (Å²) >= 11 is 0. The Morgan fingerprint density at radius 2 is 1.95 bits per heavy atom. The first-order chi connectivity index (χ1) is 10.8. The summed E-state index contributed by atoms with van der Waals surface area (Å²) in [6.45, 7) is 5.28. The maximum absolute atomic E-state index is 12.1. The maximum Gasteiger partial charge on any atom is 0.222 e. The van der Waals surface area contributed by atoms with Crippen molar-refractivity contribution in [2.24, 2.45) is 5.92 Å². The van der Waals surface area contributed by atoms with Gasteiger partial charge in [-0.15, -0.1) is 0 Å². The van der Waals surface area contributed by atoms with Crippen LogP contribution in [-0.2, 0) is 11.3 Å². The van der Waals surface area contributed by atoms with Crippen molar-refractivity contribution in [3.63, 3.8) is 0 Å². The van der Waals surface area contributed by atoms with Crippen LogP contribution in [0.2, 0.25) is 0 Å². The molecule has 2 fully saturated rings. The van der Waals surface area contributed by atoms with E-state index in [1.165, 1.54) is 31.2 Å². The lowest BCUT2D eigenvalue weighted by Gasteiger charge is -2.32. The number of amides is 1. The molecule has 0 radical (unpaired) electrons. The number of likely N-dealkylation sites (tertiary alicyclic amines) is 2. The Balaban J connectivity index is 1.36. The smallest absolute Gasteiger partial charge is 0.222 e. The Morgan fingerprint density at radius 3 is 2.64 bits per heavy atom. The van der Waals surface area contributed by atoms with Crippen molar-refractivity contribution in [2.45, 2.75) is 45.1 Å². The van der Waals surface area contributed by atoms with Gasteiger partial charge in [-0.2, -0.15) is 0 Å². The number of nitrogens with zero attached hydrogens (tertiary/aromatic N) is 3. The molecule has 1 amide bonds. The van der Waals surface area contributed by atoms with E-state index < -0.39 is 0 Å². The van der Waals surface area contributed by atoms with Gasteiger partial charge in [0.25, 0.3) is 0 Å². The highest BCUT2D eigenvalue weighted by atomic mass is 16.2. The highest BCUT2D eigenvalue weighted by Crippen LogP contribution is 2.23. The largest absolute Gasteiger partial charge is 0.343 e. The summed E-state index contributed by atoms with van der Waals surface area (Å²) in [6.07, 6.45) is 10.5. The summed E-state index contributed by atoms with van der Waals surface area (Å²) in [5, 5.41) is 0. The molecule has 0 bridgehead atoms. The van der Waals surface area contributed by atoms with Crippen LogP contribution in [0.15, 0.2) is 24.5 Å². The van der Waals surface area contributed by atoms with Crippen LogP contribution in [0.4, 0.5) is 0 Å². The highest BCUT2D eigenvalue weighted by Gasteiger charge is 2.22. The van der Waals surface area contributed by atoms with E-state index in [1.54, 1.807) is 0 Å². The molecule has 2 saturated heterocycles. The predicted molar refractivity (Wildman–Crippen MR) is 87.3 cm³/mol. The van der Waals surface area contributed by atoms with Crippen molar-refractivity contribution < 1.29 is 4.79 Å². The van der Waals surface area contributed by atoms with Crippen LogP contribution in [0.1, 0.15) is 44.1 Å². The van der Waals surface area contributed by atoms with Crippen molar-refractivity contribution in [2.75, 3.05) is 26.2 Å². The molecule has 0 N–H and O–H groups in total. The topological polar surface area (TPSA) is 36.4 Å². The van der Waals surface area contributed by atoms with E-state index in [9.17, 15) is 4.79 Å². The fourth-order valence-corrected chi connectivity index (χ4v) is 3.64. The molecule has 3 rings (SSSR count). The van der Waals surface area contributed by atoms with Crippen LogP contribution < -0.4 is 0 Å². The number of rotatable bonds is 5. The molecule has 0 unspecified atom stereocenters. The molecule has 0 aromatic carbocycles. The van der Waals surface area contributed by atoms with Gasteiger partial charge in [-0.25, -0.2) is 0 Å². The second kappa shape index (κ2) is 7.73. The van der Waals surface area contributed by atoms with Crippen LogP contribution in [0, 0.1) is 5.92 Å². The molecule has 1 aromatic rings. The van der Waals surface area contributed by atoms with Gasteiger partial charge in [-0.3, -0.25) is 14.7 Å². The Kier molecular flexibility index (Phi) is 5.43. The van der Waals surface area contributed by atoms with Crippen molar-refractivity contribution >= 4 is 5.91 Å². The van der Waals surface area contributed by atoms with Gasteiger partial charge in [0.2, 0.25) is 5.91 Å². The third kappa shape index (κ3) is 4.29. The van der Waals surface area contributed by atoms with E-state index in [0.717, 1.165) is 51.5 Å². The van der Waals surface area contributed by atoms with Gasteiger partial charge in [0, 0.05) is 38.4 Å². The standard InChI is InChI=1S/C18H27N3O/c22-18(21-10-1-2-11-21)6-5-16-7-12-20(13-8-16)15-17-4-3-9-19-14-17/h3-4,9,14,16H,1-2,5-8,10-13,15H2. The Morgan fingerprint density at radius 1 is 1.18 bits per heavy atom. The molecule has 0 spiro atoms. The molecule has 2 aliphatic heterocycles. The van der Waals surface area contributed by atoms with Crippen LogP contribution in [0.5, 0.6) is 0 Å². The van der Waals surface area contributed by atoms with E-state index in [4.69, 9.17) is 0 Å². The Labute approximate surface area is 133 Å². The number of piperidine rings is 1. The zero-order valence-electron chi connectivity index (χ0n) is 13.4. The summed E-state index contributed by atoms with van der Waals surface area (Å²) in [5.41, 5.74) is 1.30. The third-order valence-corrected chi connectivity index (χ3v) is 5.06. The molecular weight excluding hydrogens is 274 g/mol. The second-order valence-corrected chi connectivity index (χ2v) is 6.71. The first kappa shape index (κ1) is 15.5. The average Bonchev–Trinajstić information content (AvgIpc) is 3.09.